The normalized spacial score (nSPS) is 10.7. The summed E-state index contributed by atoms with van der Waals surface area (Å²) in [6.45, 7) is 4.79. The second-order valence-electron chi connectivity index (χ2n) is 4.53. The van der Waals surface area contributed by atoms with E-state index < -0.39 is 0 Å². The minimum Gasteiger partial charge on any atom is -0.476 e. The maximum absolute atomic E-state index is 5.86. The topological polar surface area (TPSA) is 61.0 Å². The molecule has 2 rings (SSSR count). The third kappa shape index (κ3) is 4.13. The Morgan fingerprint density at radius 2 is 1.95 bits per heavy atom. The van der Waals surface area contributed by atoms with Gasteiger partial charge in [0, 0.05) is 17.3 Å². The van der Waals surface area contributed by atoms with Crippen molar-refractivity contribution in [2.24, 2.45) is 5.92 Å². The van der Waals surface area contributed by atoms with Crippen LogP contribution in [0, 0.1) is 5.92 Å². The van der Waals surface area contributed by atoms with Crippen molar-refractivity contribution in [1.82, 2.24) is 9.97 Å². The van der Waals surface area contributed by atoms with Crippen LogP contribution in [0.2, 0.25) is 0 Å². The average molecular weight is 275 g/mol. The van der Waals surface area contributed by atoms with Crippen molar-refractivity contribution in [3.8, 4) is 5.88 Å². The quantitative estimate of drug-likeness (QED) is 0.907. The molecule has 2 heterocycles. The van der Waals surface area contributed by atoms with Crippen LogP contribution in [-0.4, -0.2) is 16.6 Å². The second kappa shape index (κ2) is 6.43. The standard InChI is InChI=1S/C14H17N3OS/c1-10(2)9-18-14-12(15)3-4-13(17-14)19-11-5-7-16-8-6-11/h3-8,10H,9,15H2,1-2H3. The molecule has 19 heavy (non-hydrogen) atoms. The van der Waals surface area contributed by atoms with Gasteiger partial charge in [0.25, 0.3) is 0 Å². The average Bonchev–Trinajstić information content (AvgIpc) is 2.40. The monoisotopic (exact) mass is 275 g/mol. The van der Waals surface area contributed by atoms with Crippen LogP contribution in [0.1, 0.15) is 13.8 Å². The number of aromatic nitrogens is 2. The van der Waals surface area contributed by atoms with Crippen molar-refractivity contribution in [3.05, 3.63) is 36.7 Å². The SMILES string of the molecule is CC(C)COc1nc(Sc2ccncc2)ccc1N. The fourth-order valence-electron chi connectivity index (χ4n) is 1.38. The highest BCUT2D eigenvalue weighted by molar-refractivity contribution is 7.99. The van der Waals surface area contributed by atoms with Gasteiger partial charge in [-0.1, -0.05) is 25.6 Å². The van der Waals surface area contributed by atoms with Gasteiger partial charge in [-0.3, -0.25) is 4.98 Å². The third-order valence-electron chi connectivity index (χ3n) is 2.29. The molecular weight excluding hydrogens is 258 g/mol. The predicted molar refractivity (Wildman–Crippen MR) is 77.3 cm³/mol. The molecule has 0 aliphatic rings. The first-order valence-electron chi connectivity index (χ1n) is 6.12. The fraction of sp³-hybridized carbons (Fsp3) is 0.286. The molecule has 2 N–H and O–H groups in total. The minimum absolute atomic E-state index is 0.442. The third-order valence-corrected chi connectivity index (χ3v) is 3.23. The number of anilines is 1. The molecule has 0 unspecified atom stereocenters. The lowest BCUT2D eigenvalue weighted by atomic mass is 10.2. The second-order valence-corrected chi connectivity index (χ2v) is 5.63. The van der Waals surface area contributed by atoms with Crippen LogP contribution < -0.4 is 10.5 Å². The van der Waals surface area contributed by atoms with Crippen molar-refractivity contribution < 1.29 is 4.74 Å². The first kappa shape index (κ1) is 13.7. The van der Waals surface area contributed by atoms with E-state index in [1.165, 1.54) is 0 Å². The summed E-state index contributed by atoms with van der Waals surface area (Å²) in [6.07, 6.45) is 3.52. The first-order chi connectivity index (χ1) is 9.15. The Kier molecular flexibility index (Phi) is 4.63. The molecule has 0 aliphatic heterocycles. The van der Waals surface area contributed by atoms with Crippen LogP contribution in [-0.2, 0) is 0 Å². The van der Waals surface area contributed by atoms with Gasteiger partial charge in [-0.2, -0.15) is 0 Å². The van der Waals surface area contributed by atoms with Crippen molar-refractivity contribution in [2.45, 2.75) is 23.8 Å². The maximum Gasteiger partial charge on any atom is 0.238 e. The molecule has 5 heteroatoms. The van der Waals surface area contributed by atoms with Gasteiger partial charge in [0.2, 0.25) is 5.88 Å². The van der Waals surface area contributed by atoms with Crippen molar-refractivity contribution in [1.29, 1.82) is 0 Å². The summed E-state index contributed by atoms with van der Waals surface area (Å²) in [5, 5.41) is 0.860. The predicted octanol–water partition coefficient (Wildman–Crippen LogP) is 3.24. The zero-order chi connectivity index (χ0) is 13.7. The zero-order valence-electron chi connectivity index (χ0n) is 11.0. The van der Waals surface area contributed by atoms with E-state index in [9.17, 15) is 0 Å². The number of pyridine rings is 2. The highest BCUT2D eigenvalue weighted by Gasteiger charge is 2.07. The molecule has 0 saturated heterocycles. The van der Waals surface area contributed by atoms with E-state index in [0.29, 0.717) is 24.1 Å². The van der Waals surface area contributed by atoms with Gasteiger partial charge in [-0.15, -0.1) is 0 Å². The summed E-state index contributed by atoms with van der Waals surface area (Å²) in [7, 11) is 0. The number of hydrogen-bond donors (Lipinski definition) is 1. The summed E-state index contributed by atoms with van der Waals surface area (Å²) in [5.41, 5.74) is 6.43. The number of nitrogens with zero attached hydrogens (tertiary/aromatic N) is 2. The molecule has 0 atom stereocenters. The van der Waals surface area contributed by atoms with Crippen LogP contribution in [0.15, 0.2) is 46.6 Å². The highest BCUT2D eigenvalue weighted by Crippen LogP contribution is 2.29. The van der Waals surface area contributed by atoms with Crippen LogP contribution in [0.5, 0.6) is 5.88 Å². The molecule has 0 aromatic carbocycles. The van der Waals surface area contributed by atoms with E-state index in [2.05, 4.69) is 23.8 Å². The largest absolute Gasteiger partial charge is 0.476 e. The van der Waals surface area contributed by atoms with E-state index in [0.717, 1.165) is 9.92 Å². The van der Waals surface area contributed by atoms with Crippen LogP contribution in [0.25, 0.3) is 0 Å². The van der Waals surface area contributed by atoms with Gasteiger partial charge in [0.1, 0.15) is 5.03 Å². The Labute approximate surface area is 117 Å². The van der Waals surface area contributed by atoms with E-state index in [1.54, 1.807) is 24.2 Å². The van der Waals surface area contributed by atoms with Crippen LogP contribution in [0.3, 0.4) is 0 Å². The van der Waals surface area contributed by atoms with E-state index in [-0.39, 0.29) is 0 Å². The molecule has 0 aliphatic carbocycles. The zero-order valence-corrected chi connectivity index (χ0v) is 11.9. The molecule has 0 radical (unpaired) electrons. The Balaban J connectivity index is 2.12. The number of rotatable bonds is 5. The van der Waals surface area contributed by atoms with Gasteiger partial charge in [0.05, 0.1) is 12.3 Å². The maximum atomic E-state index is 5.86. The first-order valence-corrected chi connectivity index (χ1v) is 6.94. The van der Waals surface area contributed by atoms with Gasteiger partial charge < -0.3 is 10.5 Å². The molecule has 2 aromatic rings. The molecule has 100 valence electrons. The molecule has 0 bridgehead atoms. The van der Waals surface area contributed by atoms with Gasteiger partial charge in [0.15, 0.2) is 0 Å². The number of ether oxygens (including phenoxy) is 1. The van der Waals surface area contributed by atoms with Crippen LogP contribution >= 0.6 is 11.8 Å². The number of nitrogen functional groups attached to an aromatic ring is 1. The molecule has 2 aromatic heterocycles. The molecule has 0 saturated carbocycles. The molecule has 0 fully saturated rings. The molecule has 0 spiro atoms. The van der Waals surface area contributed by atoms with E-state index in [1.807, 2.05) is 24.3 Å². The smallest absolute Gasteiger partial charge is 0.238 e. The summed E-state index contributed by atoms with van der Waals surface area (Å²) in [6, 6.07) is 7.60. The van der Waals surface area contributed by atoms with Crippen molar-refractivity contribution in [2.75, 3.05) is 12.3 Å². The van der Waals surface area contributed by atoms with E-state index >= 15 is 0 Å². The van der Waals surface area contributed by atoms with Crippen molar-refractivity contribution >= 4 is 17.4 Å². The fourth-order valence-corrected chi connectivity index (χ4v) is 2.14. The van der Waals surface area contributed by atoms with Crippen LogP contribution in [0.4, 0.5) is 5.69 Å². The Bertz CT molecular complexity index is 531. The number of hydrogen-bond acceptors (Lipinski definition) is 5. The van der Waals surface area contributed by atoms with E-state index in [4.69, 9.17) is 10.5 Å². The minimum atomic E-state index is 0.442. The summed E-state index contributed by atoms with van der Waals surface area (Å²) in [5.74, 6) is 0.950. The molecular formula is C14H17N3OS. The number of nitrogens with two attached hydrogens (primary N) is 1. The van der Waals surface area contributed by atoms with Gasteiger partial charge in [-0.05, 0) is 30.2 Å². The Hall–Kier alpha value is -1.75. The lowest BCUT2D eigenvalue weighted by Crippen LogP contribution is -2.07. The Morgan fingerprint density at radius 3 is 2.63 bits per heavy atom. The Morgan fingerprint density at radius 1 is 1.21 bits per heavy atom. The lowest BCUT2D eigenvalue weighted by Gasteiger charge is -2.11. The summed E-state index contributed by atoms with van der Waals surface area (Å²) >= 11 is 1.56. The van der Waals surface area contributed by atoms with Gasteiger partial charge in [-0.25, -0.2) is 4.98 Å². The summed E-state index contributed by atoms with van der Waals surface area (Å²) < 4.78 is 5.61. The van der Waals surface area contributed by atoms with Gasteiger partial charge >= 0.3 is 0 Å². The lowest BCUT2D eigenvalue weighted by molar-refractivity contribution is 0.261. The highest BCUT2D eigenvalue weighted by atomic mass is 32.2. The summed E-state index contributed by atoms with van der Waals surface area (Å²) in [4.78, 5) is 9.51. The molecule has 0 amide bonds. The van der Waals surface area contributed by atoms with Crippen molar-refractivity contribution in [3.63, 3.8) is 0 Å². The molecule has 4 nitrogen and oxygen atoms in total.